The SMILES string of the molecule is CCC1CCNC(c2nc(CCOC)no2)C1. The molecule has 0 radical (unpaired) electrons. The number of nitrogens with zero attached hydrogens (tertiary/aromatic N) is 2. The fourth-order valence-electron chi connectivity index (χ4n) is 2.26. The number of nitrogens with one attached hydrogen (secondary N) is 1. The van der Waals surface area contributed by atoms with E-state index in [0.717, 1.165) is 30.6 Å². The number of rotatable bonds is 5. The lowest BCUT2D eigenvalue weighted by molar-refractivity contribution is 0.199. The molecule has 2 heterocycles. The van der Waals surface area contributed by atoms with Crippen LogP contribution in [0.15, 0.2) is 4.52 Å². The van der Waals surface area contributed by atoms with Crippen LogP contribution >= 0.6 is 0 Å². The first kappa shape index (κ1) is 12.5. The molecule has 0 aromatic carbocycles. The average Bonchev–Trinajstić information content (AvgIpc) is 2.85. The standard InChI is InChI=1S/C12H21N3O2/c1-3-9-4-6-13-10(8-9)12-14-11(15-17-12)5-7-16-2/h9-10,13H,3-8H2,1-2H3. The van der Waals surface area contributed by atoms with Crippen molar-refractivity contribution >= 4 is 0 Å². The molecule has 1 aromatic heterocycles. The zero-order valence-electron chi connectivity index (χ0n) is 10.6. The summed E-state index contributed by atoms with van der Waals surface area (Å²) >= 11 is 0. The van der Waals surface area contributed by atoms with Gasteiger partial charge in [-0.3, -0.25) is 0 Å². The summed E-state index contributed by atoms with van der Waals surface area (Å²) in [6.45, 7) is 3.92. The minimum atomic E-state index is 0.234. The molecule has 1 saturated heterocycles. The molecule has 0 aliphatic carbocycles. The number of hydrogen-bond acceptors (Lipinski definition) is 5. The smallest absolute Gasteiger partial charge is 0.243 e. The van der Waals surface area contributed by atoms with Gasteiger partial charge in [-0.15, -0.1) is 0 Å². The van der Waals surface area contributed by atoms with E-state index in [1.54, 1.807) is 7.11 Å². The quantitative estimate of drug-likeness (QED) is 0.847. The third-order valence-electron chi connectivity index (χ3n) is 3.40. The van der Waals surface area contributed by atoms with Crippen molar-refractivity contribution in [2.45, 2.75) is 38.6 Å². The summed E-state index contributed by atoms with van der Waals surface area (Å²) in [5.74, 6) is 2.24. The summed E-state index contributed by atoms with van der Waals surface area (Å²) in [4.78, 5) is 4.42. The number of ether oxygens (including phenoxy) is 1. The van der Waals surface area contributed by atoms with Crippen molar-refractivity contribution in [3.63, 3.8) is 0 Å². The Hall–Kier alpha value is -0.940. The third-order valence-corrected chi connectivity index (χ3v) is 3.40. The van der Waals surface area contributed by atoms with Gasteiger partial charge in [-0.25, -0.2) is 0 Å². The topological polar surface area (TPSA) is 60.2 Å². The summed E-state index contributed by atoms with van der Waals surface area (Å²) in [5, 5.41) is 7.42. The van der Waals surface area contributed by atoms with Gasteiger partial charge in [-0.1, -0.05) is 18.5 Å². The van der Waals surface area contributed by atoms with Crippen LogP contribution in [0.3, 0.4) is 0 Å². The van der Waals surface area contributed by atoms with E-state index in [1.807, 2.05) is 0 Å². The Bertz CT molecular complexity index is 340. The summed E-state index contributed by atoms with van der Waals surface area (Å²) in [7, 11) is 1.68. The van der Waals surface area contributed by atoms with E-state index in [1.165, 1.54) is 12.8 Å². The number of piperidine rings is 1. The second kappa shape index (κ2) is 6.12. The lowest BCUT2D eigenvalue weighted by atomic mass is 9.90. The molecule has 1 fully saturated rings. The van der Waals surface area contributed by atoms with Crippen LogP contribution in [-0.4, -0.2) is 30.4 Å². The van der Waals surface area contributed by atoms with Crippen LogP contribution in [0.5, 0.6) is 0 Å². The zero-order valence-corrected chi connectivity index (χ0v) is 10.6. The average molecular weight is 239 g/mol. The van der Waals surface area contributed by atoms with Crippen LogP contribution in [0.1, 0.15) is 43.9 Å². The second-order valence-electron chi connectivity index (χ2n) is 4.60. The highest BCUT2D eigenvalue weighted by atomic mass is 16.5. The molecule has 2 atom stereocenters. The first-order valence-electron chi connectivity index (χ1n) is 6.38. The number of methoxy groups -OCH3 is 1. The van der Waals surface area contributed by atoms with Crippen LogP contribution in [-0.2, 0) is 11.2 Å². The van der Waals surface area contributed by atoms with Gasteiger partial charge in [0.1, 0.15) is 0 Å². The van der Waals surface area contributed by atoms with Crippen molar-refractivity contribution in [1.29, 1.82) is 0 Å². The van der Waals surface area contributed by atoms with Gasteiger partial charge in [0, 0.05) is 13.5 Å². The molecule has 1 aromatic rings. The van der Waals surface area contributed by atoms with Crippen molar-refractivity contribution in [3.8, 4) is 0 Å². The monoisotopic (exact) mass is 239 g/mol. The van der Waals surface area contributed by atoms with Gasteiger partial charge in [0.2, 0.25) is 5.89 Å². The summed E-state index contributed by atoms with van der Waals surface area (Å²) < 4.78 is 10.3. The molecule has 96 valence electrons. The van der Waals surface area contributed by atoms with Crippen LogP contribution in [0.2, 0.25) is 0 Å². The minimum absolute atomic E-state index is 0.234. The highest BCUT2D eigenvalue weighted by molar-refractivity contribution is 4.95. The van der Waals surface area contributed by atoms with Crippen molar-refractivity contribution < 1.29 is 9.26 Å². The highest BCUT2D eigenvalue weighted by Gasteiger charge is 2.25. The van der Waals surface area contributed by atoms with Gasteiger partial charge in [0.25, 0.3) is 0 Å². The first-order chi connectivity index (χ1) is 8.33. The van der Waals surface area contributed by atoms with Crippen LogP contribution in [0.4, 0.5) is 0 Å². The molecule has 5 heteroatoms. The number of aromatic nitrogens is 2. The normalized spacial score (nSPS) is 25.1. The fraction of sp³-hybridized carbons (Fsp3) is 0.833. The maximum absolute atomic E-state index is 5.31. The third kappa shape index (κ3) is 3.26. The Kier molecular flexibility index (Phi) is 4.50. The van der Waals surface area contributed by atoms with E-state index in [2.05, 4.69) is 22.4 Å². The van der Waals surface area contributed by atoms with E-state index in [0.29, 0.717) is 13.0 Å². The van der Waals surface area contributed by atoms with Crippen molar-refractivity contribution in [2.75, 3.05) is 20.3 Å². The van der Waals surface area contributed by atoms with Gasteiger partial charge in [-0.05, 0) is 25.3 Å². The first-order valence-corrected chi connectivity index (χ1v) is 6.38. The van der Waals surface area contributed by atoms with Gasteiger partial charge >= 0.3 is 0 Å². The molecule has 2 rings (SSSR count). The largest absolute Gasteiger partial charge is 0.384 e. The molecule has 0 bridgehead atoms. The molecule has 0 amide bonds. The zero-order chi connectivity index (χ0) is 12.1. The Morgan fingerprint density at radius 1 is 1.53 bits per heavy atom. The van der Waals surface area contributed by atoms with E-state index >= 15 is 0 Å². The van der Waals surface area contributed by atoms with Gasteiger partial charge in [0.05, 0.1) is 12.6 Å². The Morgan fingerprint density at radius 3 is 3.18 bits per heavy atom. The molecule has 17 heavy (non-hydrogen) atoms. The van der Waals surface area contributed by atoms with E-state index in [4.69, 9.17) is 9.26 Å². The minimum Gasteiger partial charge on any atom is -0.384 e. The molecule has 1 N–H and O–H groups in total. The maximum atomic E-state index is 5.31. The molecule has 0 spiro atoms. The Balaban J connectivity index is 1.94. The molecule has 0 saturated carbocycles. The fourth-order valence-corrected chi connectivity index (χ4v) is 2.26. The molecule has 1 aliphatic heterocycles. The Labute approximate surface area is 102 Å². The molecular formula is C12H21N3O2. The van der Waals surface area contributed by atoms with Gasteiger partial charge in [0.15, 0.2) is 5.82 Å². The molecular weight excluding hydrogens is 218 g/mol. The molecule has 2 unspecified atom stereocenters. The van der Waals surface area contributed by atoms with Crippen LogP contribution in [0.25, 0.3) is 0 Å². The van der Waals surface area contributed by atoms with Gasteiger partial charge < -0.3 is 14.6 Å². The van der Waals surface area contributed by atoms with E-state index in [9.17, 15) is 0 Å². The van der Waals surface area contributed by atoms with Crippen molar-refractivity contribution in [2.24, 2.45) is 5.92 Å². The lowest BCUT2D eigenvalue weighted by Gasteiger charge is -2.27. The Morgan fingerprint density at radius 2 is 2.41 bits per heavy atom. The number of hydrogen-bond donors (Lipinski definition) is 1. The van der Waals surface area contributed by atoms with Crippen molar-refractivity contribution in [1.82, 2.24) is 15.5 Å². The highest BCUT2D eigenvalue weighted by Crippen LogP contribution is 2.27. The summed E-state index contributed by atoms with van der Waals surface area (Å²) in [6, 6.07) is 0.234. The lowest BCUT2D eigenvalue weighted by Crippen LogP contribution is -2.31. The van der Waals surface area contributed by atoms with Gasteiger partial charge in [-0.2, -0.15) is 4.98 Å². The van der Waals surface area contributed by atoms with E-state index < -0.39 is 0 Å². The predicted molar refractivity (Wildman–Crippen MR) is 63.6 cm³/mol. The van der Waals surface area contributed by atoms with Crippen LogP contribution in [0, 0.1) is 5.92 Å². The van der Waals surface area contributed by atoms with E-state index in [-0.39, 0.29) is 6.04 Å². The summed E-state index contributed by atoms with van der Waals surface area (Å²) in [5.41, 5.74) is 0. The molecule has 1 aliphatic rings. The maximum Gasteiger partial charge on any atom is 0.243 e. The molecule has 5 nitrogen and oxygen atoms in total. The summed E-state index contributed by atoms with van der Waals surface area (Å²) in [6.07, 6.45) is 4.28. The second-order valence-corrected chi connectivity index (χ2v) is 4.60. The predicted octanol–water partition coefficient (Wildman–Crippen LogP) is 1.71. The van der Waals surface area contributed by atoms with Crippen LogP contribution < -0.4 is 5.32 Å². The van der Waals surface area contributed by atoms with Crippen molar-refractivity contribution in [3.05, 3.63) is 11.7 Å².